The maximum Gasteiger partial charge on any atom is 0.340 e. The van der Waals surface area contributed by atoms with Crippen molar-refractivity contribution in [2.75, 3.05) is 0 Å². The van der Waals surface area contributed by atoms with Crippen LogP contribution >= 0.6 is 0 Å². The Morgan fingerprint density at radius 3 is 2.22 bits per heavy atom. The van der Waals surface area contributed by atoms with E-state index in [0.29, 0.717) is 64.6 Å². The van der Waals surface area contributed by atoms with Gasteiger partial charge in [-0.2, -0.15) is 0 Å². The van der Waals surface area contributed by atoms with Crippen LogP contribution in [0, 0.1) is 57.7 Å². The number of hydrogen-bond donors (Lipinski definition) is 3. The van der Waals surface area contributed by atoms with Gasteiger partial charge in [0.1, 0.15) is 83.1 Å². The molecule has 6 aliphatic carbocycles. The fraction of sp³-hybridized carbons (Fsp3) is 0.571. The SMILES string of the molecule is CC(=O)O[C@H]1[C@H]2[C@H]([C@@H]3[C@@H](OC(=O)CCCCn4cc(COc5ccc6c(c5)Oc5cc(O)ccc5C65OC(=O)c6ccccc65)nn4)C4[C@H]([C@H](C)[C@H]5O[C@]56CC(=O)[C@@](C)(O)[C@]46C)[C@@]3(C)[C@H]1OC(C)=O)[C@@H](O)C(=O)[C@H]1C[C@@H]3O[C@@H]3[C@H](OC(C)=O)[C@]21C. The standard InChI is InChI=1S/C63H67N3O19/c1-27-45-48(60(7)61(8,76)42(71)24-62(60)54(27)84-62)52(46-44-47(53(78-28(2)67)56(59(45,46)6)80-30(4)69)58(5)38(49(73)50(44)74)23-41-51(82-41)55(58)79-29(3)68)83-43(72)15-11-12-20-66-25-31(64-65-66)26-77-33-17-19-37-40(22-33)81-39-21-32(70)16-18-36(39)63(37)35-14-10-9-13-34(35)57(75)85-63/h9-10,13-14,16-19,21-22,25,27,38,41,44-48,50-56,70,74,76H,11-12,15,20,23-24,26H2,1-8H3/t27-,38+,41-,44-,45-,46+,47+,48?,50+,51-,52+,53-,54+,55-,56-,58-,59+,60-,61+,62+,63?/m0/s1. The Bertz CT molecular complexity index is 3580. The molecule has 8 fully saturated rings. The second-order valence-corrected chi connectivity index (χ2v) is 26.2. The molecule has 22 nitrogen and oxygen atoms in total. The zero-order valence-corrected chi connectivity index (χ0v) is 48.2. The van der Waals surface area contributed by atoms with E-state index >= 15 is 4.79 Å². The molecule has 3 aromatic carbocycles. The lowest BCUT2D eigenvalue weighted by atomic mass is 9.41. The van der Waals surface area contributed by atoms with Crippen LogP contribution in [0.15, 0.2) is 66.9 Å². The second kappa shape index (κ2) is 18.6. The molecule has 5 heterocycles. The molecule has 6 saturated carbocycles. The average molecular weight is 1170 g/mol. The van der Waals surface area contributed by atoms with Gasteiger partial charge in [0.05, 0.1) is 24.0 Å². The Morgan fingerprint density at radius 2 is 1.48 bits per heavy atom. The molecule has 3 N–H and O–H groups in total. The normalized spacial score (nSPS) is 41.3. The lowest BCUT2D eigenvalue weighted by molar-refractivity contribution is -0.273. The van der Waals surface area contributed by atoms with Gasteiger partial charge in [0.25, 0.3) is 0 Å². The Balaban J connectivity index is 0.735. The zero-order chi connectivity index (χ0) is 60.0. The fourth-order valence-electron chi connectivity index (χ4n) is 18.8. The number of aromatic hydroxyl groups is 1. The van der Waals surface area contributed by atoms with E-state index < -0.39 is 165 Å². The number of epoxide rings is 2. The van der Waals surface area contributed by atoms with Crippen molar-refractivity contribution in [3.63, 3.8) is 0 Å². The average Bonchev–Trinajstić information content (AvgIpc) is 1.46. The first-order valence-electron chi connectivity index (χ1n) is 29.3. The monoisotopic (exact) mass is 1170 g/mol. The number of esters is 5. The van der Waals surface area contributed by atoms with Crippen LogP contribution in [0.1, 0.15) is 120 Å². The molecule has 22 heteroatoms. The fourth-order valence-corrected chi connectivity index (χ4v) is 18.8. The van der Waals surface area contributed by atoms with Crippen molar-refractivity contribution >= 4 is 41.4 Å². The van der Waals surface area contributed by atoms with Gasteiger partial charge in [0.15, 0.2) is 17.2 Å². The number of carbonyl (C=O) groups is 7. The summed E-state index contributed by atoms with van der Waals surface area (Å²) in [7, 11) is 0. The molecule has 1 aromatic heterocycles. The molecule has 14 rings (SSSR count). The van der Waals surface area contributed by atoms with E-state index in [1.807, 2.05) is 26.0 Å². The van der Waals surface area contributed by atoms with Crippen LogP contribution < -0.4 is 9.47 Å². The summed E-state index contributed by atoms with van der Waals surface area (Å²) < 4.78 is 58.8. The number of phenolic OH excluding ortho intramolecular Hbond substituents is 1. The maximum atomic E-state index is 15.1. The molecule has 0 radical (unpaired) electrons. The molecule has 4 aromatic rings. The molecule has 10 aliphatic rings. The number of fused-ring (bicyclic) bond motifs is 15. The van der Waals surface area contributed by atoms with Crippen molar-refractivity contribution < 1.29 is 91.5 Å². The summed E-state index contributed by atoms with van der Waals surface area (Å²) >= 11 is 0. The van der Waals surface area contributed by atoms with E-state index in [2.05, 4.69) is 10.3 Å². The minimum Gasteiger partial charge on any atom is -0.508 e. The Labute approximate surface area is 488 Å². The van der Waals surface area contributed by atoms with Gasteiger partial charge in [0.2, 0.25) is 0 Å². The van der Waals surface area contributed by atoms with E-state index in [-0.39, 0.29) is 31.6 Å². The Kier molecular flexibility index (Phi) is 12.2. The third-order valence-corrected chi connectivity index (χ3v) is 22.2. The highest BCUT2D eigenvalue weighted by molar-refractivity contribution is 5.97. The van der Waals surface area contributed by atoms with Crippen LogP contribution in [0.4, 0.5) is 0 Å². The predicted octanol–water partition coefficient (Wildman–Crippen LogP) is 5.38. The molecule has 2 saturated heterocycles. The van der Waals surface area contributed by atoms with Crippen molar-refractivity contribution in [2.45, 2.75) is 166 Å². The van der Waals surface area contributed by atoms with Crippen molar-refractivity contribution in [3.05, 3.63) is 94.8 Å². The first-order chi connectivity index (χ1) is 40.3. The number of aliphatic hydroxyl groups excluding tert-OH is 1. The number of nitrogens with zero attached hydrogens (tertiary/aromatic N) is 3. The molecule has 0 amide bonds. The summed E-state index contributed by atoms with van der Waals surface area (Å²) in [5.41, 5.74) is -6.11. The van der Waals surface area contributed by atoms with Gasteiger partial charge in [0, 0.05) is 115 Å². The second-order valence-electron chi connectivity index (χ2n) is 26.2. The number of aliphatic hydroxyl groups is 2. The molecule has 85 heavy (non-hydrogen) atoms. The van der Waals surface area contributed by atoms with Gasteiger partial charge in [-0.25, -0.2) is 4.79 Å². The van der Waals surface area contributed by atoms with Crippen LogP contribution in [-0.2, 0) is 80.7 Å². The molecule has 2 spiro atoms. The summed E-state index contributed by atoms with van der Waals surface area (Å²) in [6.45, 7) is 12.8. The minimum atomic E-state index is -2.04. The summed E-state index contributed by atoms with van der Waals surface area (Å²) in [4.78, 5) is 97.7. The van der Waals surface area contributed by atoms with E-state index in [9.17, 15) is 44.1 Å². The van der Waals surface area contributed by atoms with Gasteiger partial charge < -0.3 is 58.0 Å². The highest BCUT2D eigenvalue weighted by Gasteiger charge is 2.91. The Hall–Kier alpha value is -7.27. The zero-order valence-electron chi connectivity index (χ0n) is 48.2. The first kappa shape index (κ1) is 55.6. The van der Waals surface area contributed by atoms with Gasteiger partial charge in [-0.3, -0.25) is 33.4 Å². The van der Waals surface area contributed by atoms with E-state index in [0.717, 1.165) is 0 Å². The van der Waals surface area contributed by atoms with Crippen LogP contribution in [-0.4, -0.2) is 132 Å². The number of carbonyl (C=O) groups excluding carboxylic acids is 7. The number of hydrogen-bond acceptors (Lipinski definition) is 21. The number of benzene rings is 3. The number of rotatable bonds is 12. The van der Waals surface area contributed by atoms with Crippen LogP contribution in [0.25, 0.3) is 0 Å². The van der Waals surface area contributed by atoms with Crippen LogP contribution in [0.3, 0.4) is 0 Å². The maximum absolute atomic E-state index is 15.1. The van der Waals surface area contributed by atoms with E-state index in [1.165, 1.54) is 39.8 Å². The summed E-state index contributed by atoms with van der Waals surface area (Å²) in [6.07, 6.45) is -6.02. The molecular formula is C63H67N3O19. The van der Waals surface area contributed by atoms with E-state index in [4.69, 9.17) is 42.6 Å². The summed E-state index contributed by atoms with van der Waals surface area (Å²) in [6, 6.07) is 17.0. The van der Waals surface area contributed by atoms with Crippen molar-refractivity contribution in [1.82, 2.24) is 15.0 Å². The van der Waals surface area contributed by atoms with Gasteiger partial charge >= 0.3 is 29.8 Å². The molecule has 0 bridgehead atoms. The molecular weight excluding hydrogens is 1100 g/mol. The largest absolute Gasteiger partial charge is 0.508 e. The Morgan fingerprint density at radius 1 is 0.788 bits per heavy atom. The lowest BCUT2D eigenvalue weighted by Gasteiger charge is -2.65. The van der Waals surface area contributed by atoms with Crippen LogP contribution in [0.2, 0.25) is 0 Å². The summed E-state index contributed by atoms with van der Waals surface area (Å²) in [5.74, 6) is -9.58. The number of unbranched alkanes of at least 4 members (excludes halogenated alkanes) is 1. The van der Waals surface area contributed by atoms with Crippen molar-refractivity contribution in [3.8, 4) is 23.0 Å². The number of ketones is 2. The number of ether oxygens (including phenoxy) is 9. The topological polar surface area (TPSA) is 301 Å². The van der Waals surface area contributed by atoms with Gasteiger partial charge in [-0.15, -0.1) is 5.10 Å². The summed E-state index contributed by atoms with van der Waals surface area (Å²) in [5, 5.41) is 44.5. The smallest absolute Gasteiger partial charge is 0.340 e. The highest BCUT2D eigenvalue weighted by Crippen LogP contribution is 2.82. The molecule has 21 atom stereocenters. The van der Waals surface area contributed by atoms with E-state index in [1.54, 1.807) is 61.1 Å². The molecule has 448 valence electrons. The third kappa shape index (κ3) is 7.46. The number of aromatic nitrogens is 3. The molecule has 2 unspecified atom stereocenters. The predicted molar refractivity (Wildman–Crippen MR) is 288 cm³/mol. The highest BCUT2D eigenvalue weighted by atomic mass is 16.6. The minimum absolute atomic E-state index is 0.0132. The van der Waals surface area contributed by atoms with Crippen LogP contribution in [0.5, 0.6) is 23.0 Å². The van der Waals surface area contributed by atoms with Gasteiger partial charge in [-0.05, 0) is 68.4 Å². The number of phenols is 1. The quantitative estimate of drug-likeness (QED) is 0.0694. The van der Waals surface area contributed by atoms with Crippen molar-refractivity contribution in [2.24, 2.45) is 57.7 Å². The first-order valence-corrected chi connectivity index (χ1v) is 29.3. The third-order valence-electron chi connectivity index (χ3n) is 22.2. The van der Waals surface area contributed by atoms with Crippen molar-refractivity contribution in [1.29, 1.82) is 0 Å². The number of Topliss-reactive ketones (excluding diaryl/α,β-unsaturated/α-hetero) is 2. The lowest BCUT2D eigenvalue weighted by Crippen LogP contribution is -2.74. The van der Waals surface area contributed by atoms with Gasteiger partial charge in [-0.1, -0.05) is 51.1 Å². The molecule has 4 aliphatic heterocycles. The number of aryl methyl sites for hydroxylation is 1.